The number of anilines is 1. The predicted octanol–water partition coefficient (Wildman–Crippen LogP) is 2.10. The van der Waals surface area contributed by atoms with Gasteiger partial charge in [-0.25, -0.2) is 14.2 Å². The van der Waals surface area contributed by atoms with Crippen molar-refractivity contribution >= 4 is 28.9 Å². The van der Waals surface area contributed by atoms with Crippen molar-refractivity contribution in [1.82, 2.24) is 4.98 Å². The van der Waals surface area contributed by atoms with E-state index in [2.05, 4.69) is 10.3 Å². The molecule has 0 bridgehead atoms. The SMILES string of the molecule is N#Cc1ccc(NC(=O)c2csc(C(=O)O)n2)c(F)c1. The molecule has 0 aliphatic carbocycles. The van der Waals surface area contributed by atoms with Crippen LogP contribution in [-0.4, -0.2) is 22.0 Å². The summed E-state index contributed by atoms with van der Waals surface area (Å²) in [7, 11) is 0. The zero-order chi connectivity index (χ0) is 14.7. The van der Waals surface area contributed by atoms with Crippen LogP contribution in [0.15, 0.2) is 23.6 Å². The number of carbonyl (C=O) groups is 2. The van der Waals surface area contributed by atoms with E-state index in [0.717, 1.165) is 17.4 Å². The van der Waals surface area contributed by atoms with Gasteiger partial charge >= 0.3 is 5.97 Å². The van der Waals surface area contributed by atoms with Gasteiger partial charge in [0.05, 0.1) is 17.3 Å². The highest BCUT2D eigenvalue weighted by Crippen LogP contribution is 2.17. The van der Waals surface area contributed by atoms with Crippen LogP contribution in [0.1, 0.15) is 25.9 Å². The maximum atomic E-state index is 13.6. The normalized spacial score (nSPS) is 9.80. The van der Waals surface area contributed by atoms with E-state index in [1.807, 2.05) is 0 Å². The minimum Gasteiger partial charge on any atom is -0.476 e. The van der Waals surface area contributed by atoms with Gasteiger partial charge in [-0.2, -0.15) is 5.26 Å². The quantitative estimate of drug-likeness (QED) is 0.901. The molecule has 0 atom stereocenters. The molecule has 100 valence electrons. The van der Waals surface area contributed by atoms with E-state index in [9.17, 15) is 14.0 Å². The molecule has 1 aromatic carbocycles. The Kier molecular flexibility index (Phi) is 3.72. The van der Waals surface area contributed by atoms with E-state index < -0.39 is 17.7 Å². The summed E-state index contributed by atoms with van der Waals surface area (Å²) >= 11 is 0.799. The van der Waals surface area contributed by atoms with Crippen molar-refractivity contribution in [2.24, 2.45) is 0 Å². The van der Waals surface area contributed by atoms with Crippen LogP contribution in [0.2, 0.25) is 0 Å². The van der Waals surface area contributed by atoms with Crippen LogP contribution in [-0.2, 0) is 0 Å². The largest absolute Gasteiger partial charge is 0.476 e. The summed E-state index contributed by atoms with van der Waals surface area (Å²) in [6, 6.07) is 5.35. The molecule has 20 heavy (non-hydrogen) atoms. The molecule has 0 unspecified atom stereocenters. The summed E-state index contributed by atoms with van der Waals surface area (Å²) in [5.74, 6) is -2.72. The summed E-state index contributed by atoms with van der Waals surface area (Å²) in [6.45, 7) is 0. The van der Waals surface area contributed by atoms with Gasteiger partial charge in [0.2, 0.25) is 5.01 Å². The van der Waals surface area contributed by atoms with E-state index in [1.54, 1.807) is 6.07 Å². The Bertz CT molecular complexity index is 736. The lowest BCUT2D eigenvalue weighted by Gasteiger charge is -2.04. The van der Waals surface area contributed by atoms with Crippen LogP contribution in [0.4, 0.5) is 10.1 Å². The fourth-order valence-corrected chi connectivity index (χ4v) is 1.98. The number of carboxylic acid groups (broad SMARTS) is 1. The molecule has 8 heteroatoms. The number of rotatable bonds is 3. The first-order valence-corrected chi connectivity index (χ1v) is 6.09. The highest BCUT2D eigenvalue weighted by molar-refractivity contribution is 7.11. The topological polar surface area (TPSA) is 103 Å². The van der Waals surface area contributed by atoms with Crippen molar-refractivity contribution in [3.63, 3.8) is 0 Å². The number of hydrogen-bond acceptors (Lipinski definition) is 5. The van der Waals surface area contributed by atoms with E-state index in [4.69, 9.17) is 10.4 Å². The fourth-order valence-electron chi connectivity index (χ4n) is 1.35. The third kappa shape index (κ3) is 2.78. The molecule has 0 saturated carbocycles. The number of nitrogens with one attached hydrogen (secondary N) is 1. The Labute approximate surface area is 116 Å². The summed E-state index contributed by atoms with van der Waals surface area (Å²) in [5.41, 5.74) is -0.0997. The highest BCUT2D eigenvalue weighted by Gasteiger charge is 2.16. The van der Waals surface area contributed by atoms with Crippen LogP contribution >= 0.6 is 11.3 Å². The Balaban J connectivity index is 2.19. The lowest BCUT2D eigenvalue weighted by atomic mass is 10.2. The number of carbonyl (C=O) groups excluding carboxylic acids is 1. The van der Waals surface area contributed by atoms with Gasteiger partial charge in [0, 0.05) is 5.38 Å². The highest BCUT2D eigenvalue weighted by atomic mass is 32.1. The number of amides is 1. The molecule has 0 radical (unpaired) electrons. The van der Waals surface area contributed by atoms with Crippen molar-refractivity contribution in [2.45, 2.75) is 0 Å². The van der Waals surface area contributed by atoms with Crippen LogP contribution in [0, 0.1) is 17.1 Å². The smallest absolute Gasteiger partial charge is 0.365 e. The van der Waals surface area contributed by atoms with Gasteiger partial charge < -0.3 is 10.4 Å². The van der Waals surface area contributed by atoms with E-state index >= 15 is 0 Å². The molecular formula is C12H6FN3O3S. The number of nitriles is 1. The number of aromatic carboxylic acids is 1. The van der Waals surface area contributed by atoms with Crippen LogP contribution in [0.25, 0.3) is 0 Å². The molecule has 0 spiro atoms. The summed E-state index contributed by atoms with van der Waals surface area (Å²) < 4.78 is 13.6. The third-order valence-electron chi connectivity index (χ3n) is 2.27. The summed E-state index contributed by atoms with van der Waals surface area (Å²) in [4.78, 5) is 26.0. The zero-order valence-electron chi connectivity index (χ0n) is 9.75. The zero-order valence-corrected chi connectivity index (χ0v) is 10.6. The minimum atomic E-state index is -1.24. The molecule has 0 aliphatic heterocycles. The summed E-state index contributed by atoms with van der Waals surface area (Å²) in [6.07, 6.45) is 0. The molecule has 2 N–H and O–H groups in total. The van der Waals surface area contributed by atoms with Crippen molar-refractivity contribution in [3.05, 3.63) is 45.7 Å². The average molecular weight is 291 g/mol. The van der Waals surface area contributed by atoms with Gasteiger partial charge in [0.15, 0.2) is 0 Å². The molecule has 0 saturated heterocycles. The first-order chi connectivity index (χ1) is 9.51. The van der Waals surface area contributed by atoms with Crippen molar-refractivity contribution in [2.75, 3.05) is 5.32 Å². The first kappa shape index (κ1) is 13.6. The Morgan fingerprint density at radius 3 is 2.75 bits per heavy atom. The lowest BCUT2D eigenvalue weighted by Crippen LogP contribution is -2.14. The van der Waals surface area contributed by atoms with Gasteiger partial charge in [-0.15, -0.1) is 11.3 Å². The number of aromatic nitrogens is 1. The number of hydrogen-bond donors (Lipinski definition) is 2. The van der Waals surface area contributed by atoms with Gasteiger partial charge in [-0.3, -0.25) is 4.79 Å². The minimum absolute atomic E-state index is 0.112. The number of nitrogens with zero attached hydrogens (tertiary/aromatic N) is 2. The standard InChI is InChI=1S/C12H6FN3O3S/c13-7-3-6(4-14)1-2-8(7)15-10(17)9-5-20-11(16-9)12(18)19/h1-3,5H,(H,15,17)(H,18,19). The van der Waals surface area contributed by atoms with Crippen LogP contribution < -0.4 is 5.32 Å². The lowest BCUT2D eigenvalue weighted by molar-refractivity contribution is 0.0696. The van der Waals surface area contributed by atoms with E-state index in [1.165, 1.54) is 17.5 Å². The van der Waals surface area contributed by atoms with Crippen molar-refractivity contribution in [1.29, 1.82) is 5.26 Å². The first-order valence-electron chi connectivity index (χ1n) is 5.21. The number of benzene rings is 1. The molecule has 0 fully saturated rings. The van der Waals surface area contributed by atoms with E-state index in [0.29, 0.717) is 0 Å². The average Bonchev–Trinajstić information content (AvgIpc) is 2.91. The second kappa shape index (κ2) is 5.46. The Morgan fingerprint density at radius 1 is 1.45 bits per heavy atom. The monoisotopic (exact) mass is 291 g/mol. The van der Waals surface area contributed by atoms with Gasteiger partial charge in [0.25, 0.3) is 5.91 Å². The van der Waals surface area contributed by atoms with Crippen LogP contribution in [0.5, 0.6) is 0 Å². The van der Waals surface area contributed by atoms with Gasteiger partial charge in [-0.05, 0) is 18.2 Å². The molecule has 1 heterocycles. The summed E-state index contributed by atoms with van der Waals surface area (Å²) in [5, 5.41) is 20.6. The predicted molar refractivity (Wildman–Crippen MR) is 68.1 cm³/mol. The van der Waals surface area contributed by atoms with Crippen LogP contribution in [0.3, 0.4) is 0 Å². The van der Waals surface area contributed by atoms with Crippen molar-refractivity contribution in [3.8, 4) is 6.07 Å². The maximum Gasteiger partial charge on any atom is 0.365 e. The maximum absolute atomic E-state index is 13.6. The third-order valence-corrected chi connectivity index (χ3v) is 3.10. The van der Waals surface area contributed by atoms with Crippen molar-refractivity contribution < 1.29 is 19.1 Å². The van der Waals surface area contributed by atoms with Gasteiger partial charge in [-0.1, -0.05) is 0 Å². The second-order valence-corrected chi connectivity index (χ2v) is 4.46. The Hall–Kier alpha value is -2.79. The van der Waals surface area contributed by atoms with Gasteiger partial charge in [0.1, 0.15) is 11.5 Å². The molecule has 1 amide bonds. The molecule has 1 aromatic heterocycles. The number of carboxylic acids is 1. The molecule has 2 rings (SSSR count). The second-order valence-electron chi connectivity index (χ2n) is 3.60. The van der Waals surface area contributed by atoms with E-state index in [-0.39, 0.29) is 22.0 Å². The molecule has 0 aliphatic rings. The number of halogens is 1. The fraction of sp³-hybridized carbons (Fsp3) is 0. The molecule has 6 nitrogen and oxygen atoms in total. The number of thiazole rings is 1. The molecule has 2 aromatic rings. The molecular weight excluding hydrogens is 285 g/mol. The Morgan fingerprint density at radius 2 is 2.20 bits per heavy atom.